The lowest BCUT2D eigenvalue weighted by Gasteiger charge is -1.90. The molecular formula is C5H10BN. The molecule has 2 unspecified atom stereocenters. The van der Waals surface area contributed by atoms with Gasteiger partial charge in [-0.25, -0.2) is 0 Å². The van der Waals surface area contributed by atoms with Crippen molar-refractivity contribution in [3.05, 3.63) is 0 Å². The first-order valence-electron chi connectivity index (χ1n) is 2.74. The molecule has 0 aliphatic heterocycles. The van der Waals surface area contributed by atoms with Crippen LogP contribution in [-0.4, -0.2) is 21.4 Å². The van der Waals surface area contributed by atoms with Crippen molar-refractivity contribution in [1.29, 1.82) is 0 Å². The molecule has 1 fully saturated rings. The summed E-state index contributed by atoms with van der Waals surface area (Å²) in [6, 6.07) is 0. The van der Waals surface area contributed by atoms with Crippen LogP contribution < -0.4 is 5.32 Å². The molecule has 0 spiro atoms. The predicted molar refractivity (Wildman–Crippen MR) is 31.5 cm³/mol. The molecule has 2 radical (unpaired) electrons. The van der Waals surface area contributed by atoms with E-state index in [2.05, 4.69) is 5.32 Å². The third-order valence-electron chi connectivity index (χ3n) is 1.44. The predicted octanol–water partition coefficient (Wildman–Crippen LogP) is 0.183. The number of nitrogens with one attached hydrogen (secondary N) is 1. The van der Waals surface area contributed by atoms with Crippen LogP contribution in [0, 0.1) is 5.92 Å². The van der Waals surface area contributed by atoms with Gasteiger partial charge in [-0.15, -0.1) is 0 Å². The Bertz CT molecular complexity index is 65.1. The third kappa shape index (κ3) is 1.20. The first-order chi connectivity index (χ1) is 3.34. The first-order valence-corrected chi connectivity index (χ1v) is 2.74. The Morgan fingerprint density at radius 1 is 1.86 bits per heavy atom. The summed E-state index contributed by atoms with van der Waals surface area (Å²) in [4.78, 5) is 0. The van der Waals surface area contributed by atoms with Crippen molar-refractivity contribution in [2.45, 2.75) is 12.2 Å². The number of hydrogen-bond acceptors (Lipinski definition) is 1. The van der Waals surface area contributed by atoms with E-state index >= 15 is 0 Å². The monoisotopic (exact) mass is 95.1 g/mol. The van der Waals surface area contributed by atoms with Crippen molar-refractivity contribution in [3.8, 4) is 0 Å². The molecule has 0 heterocycles. The van der Waals surface area contributed by atoms with Crippen LogP contribution in [0.25, 0.3) is 0 Å². The summed E-state index contributed by atoms with van der Waals surface area (Å²) in [5, 5.41) is 3.08. The Morgan fingerprint density at radius 2 is 2.43 bits per heavy atom. The molecule has 7 heavy (non-hydrogen) atoms. The van der Waals surface area contributed by atoms with Gasteiger partial charge < -0.3 is 5.32 Å². The largest absolute Gasteiger partial charge is 0.319 e. The van der Waals surface area contributed by atoms with Gasteiger partial charge in [-0.3, -0.25) is 0 Å². The summed E-state index contributed by atoms with van der Waals surface area (Å²) in [5.41, 5.74) is 0. The van der Waals surface area contributed by atoms with Gasteiger partial charge in [0.05, 0.1) is 7.85 Å². The number of rotatable bonds is 2. The van der Waals surface area contributed by atoms with E-state index in [1.807, 2.05) is 7.05 Å². The molecule has 0 saturated heterocycles. The average molecular weight is 95.0 g/mol. The van der Waals surface area contributed by atoms with Crippen LogP contribution in [0.2, 0.25) is 5.82 Å². The van der Waals surface area contributed by atoms with E-state index in [9.17, 15) is 0 Å². The van der Waals surface area contributed by atoms with Crippen LogP contribution in [0.1, 0.15) is 6.42 Å². The van der Waals surface area contributed by atoms with E-state index in [1.54, 1.807) is 0 Å². The van der Waals surface area contributed by atoms with Gasteiger partial charge in [0.2, 0.25) is 0 Å². The molecule has 0 aromatic heterocycles. The molecule has 0 aromatic rings. The van der Waals surface area contributed by atoms with E-state index in [4.69, 9.17) is 7.85 Å². The van der Waals surface area contributed by atoms with Gasteiger partial charge in [0.25, 0.3) is 0 Å². The Kier molecular flexibility index (Phi) is 1.38. The normalized spacial score (nSPS) is 38.4. The summed E-state index contributed by atoms with van der Waals surface area (Å²) in [7, 11) is 7.48. The van der Waals surface area contributed by atoms with Crippen molar-refractivity contribution in [2.24, 2.45) is 5.92 Å². The van der Waals surface area contributed by atoms with Crippen LogP contribution in [0.3, 0.4) is 0 Å². The van der Waals surface area contributed by atoms with Gasteiger partial charge in [0.15, 0.2) is 0 Å². The van der Waals surface area contributed by atoms with E-state index in [1.165, 1.54) is 6.42 Å². The van der Waals surface area contributed by atoms with Crippen molar-refractivity contribution < 1.29 is 0 Å². The Labute approximate surface area is 45.9 Å². The molecule has 1 saturated carbocycles. The van der Waals surface area contributed by atoms with Crippen LogP contribution in [0.4, 0.5) is 0 Å². The van der Waals surface area contributed by atoms with Crippen molar-refractivity contribution in [2.75, 3.05) is 13.6 Å². The second-order valence-corrected chi connectivity index (χ2v) is 2.22. The van der Waals surface area contributed by atoms with Gasteiger partial charge in [0.1, 0.15) is 0 Å². The van der Waals surface area contributed by atoms with Crippen LogP contribution in [-0.2, 0) is 0 Å². The summed E-state index contributed by atoms with van der Waals surface area (Å²) >= 11 is 0. The fourth-order valence-corrected chi connectivity index (χ4v) is 0.768. The molecule has 2 atom stereocenters. The minimum Gasteiger partial charge on any atom is -0.319 e. The zero-order valence-electron chi connectivity index (χ0n) is 4.65. The SMILES string of the molecule is [B]C1CC1CNC. The standard InChI is InChI=1S/C5H10BN/c1-7-3-4-2-5(4)6/h4-5,7H,2-3H2,1H3. The molecule has 38 valence electrons. The quantitative estimate of drug-likeness (QED) is 0.482. The highest BCUT2D eigenvalue weighted by molar-refractivity contribution is 6.13. The highest BCUT2D eigenvalue weighted by Gasteiger charge is 2.30. The molecule has 1 rings (SSSR count). The van der Waals surface area contributed by atoms with Crippen molar-refractivity contribution in [3.63, 3.8) is 0 Å². The van der Waals surface area contributed by atoms with Crippen molar-refractivity contribution >= 4 is 7.85 Å². The fraction of sp³-hybridized carbons (Fsp3) is 1.00. The maximum atomic E-state index is 5.51. The Hall–Kier alpha value is 0.0249. The van der Waals surface area contributed by atoms with Gasteiger partial charge in [0, 0.05) is 0 Å². The second-order valence-electron chi connectivity index (χ2n) is 2.22. The molecule has 2 heteroatoms. The van der Waals surface area contributed by atoms with Gasteiger partial charge in [-0.1, -0.05) is 12.2 Å². The average Bonchev–Trinajstić information content (AvgIpc) is 2.22. The molecule has 1 aliphatic carbocycles. The van der Waals surface area contributed by atoms with E-state index in [0.29, 0.717) is 5.82 Å². The Morgan fingerprint density at radius 3 is 2.57 bits per heavy atom. The molecule has 1 N–H and O–H groups in total. The first kappa shape index (κ1) is 5.17. The van der Waals surface area contributed by atoms with Crippen LogP contribution >= 0.6 is 0 Å². The minimum atomic E-state index is 0.507. The van der Waals surface area contributed by atoms with Crippen LogP contribution in [0.5, 0.6) is 0 Å². The van der Waals surface area contributed by atoms with E-state index < -0.39 is 0 Å². The van der Waals surface area contributed by atoms with Gasteiger partial charge >= 0.3 is 0 Å². The lowest BCUT2D eigenvalue weighted by atomic mass is 10.0. The van der Waals surface area contributed by atoms with E-state index in [-0.39, 0.29) is 0 Å². The maximum absolute atomic E-state index is 5.51. The van der Waals surface area contributed by atoms with Crippen molar-refractivity contribution in [1.82, 2.24) is 5.32 Å². The summed E-state index contributed by atoms with van der Waals surface area (Å²) in [5.74, 6) is 1.29. The Balaban J connectivity index is 1.98. The summed E-state index contributed by atoms with van der Waals surface area (Å²) < 4.78 is 0. The maximum Gasteiger partial charge on any atom is 0.0704 e. The number of hydrogen-bond donors (Lipinski definition) is 1. The minimum absolute atomic E-state index is 0.507. The molecule has 1 nitrogen and oxygen atoms in total. The zero-order valence-corrected chi connectivity index (χ0v) is 4.65. The smallest absolute Gasteiger partial charge is 0.0704 e. The fourth-order valence-electron chi connectivity index (χ4n) is 0.768. The highest BCUT2D eigenvalue weighted by Crippen LogP contribution is 2.40. The zero-order chi connectivity index (χ0) is 5.28. The highest BCUT2D eigenvalue weighted by atomic mass is 14.8. The third-order valence-corrected chi connectivity index (χ3v) is 1.44. The molecule has 1 aliphatic rings. The molecule has 0 aromatic carbocycles. The summed E-state index contributed by atoms with van der Waals surface area (Å²) in [6.45, 7) is 1.10. The van der Waals surface area contributed by atoms with Gasteiger partial charge in [-0.05, 0) is 19.5 Å². The molecular weight excluding hydrogens is 84.9 g/mol. The second kappa shape index (κ2) is 1.87. The van der Waals surface area contributed by atoms with E-state index in [0.717, 1.165) is 12.5 Å². The lowest BCUT2D eigenvalue weighted by molar-refractivity contribution is 0.717. The molecule has 0 amide bonds. The van der Waals surface area contributed by atoms with Gasteiger partial charge in [-0.2, -0.15) is 0 Å². The summed E-state index contributed by atoms with van der Waals surface area (Å²) in [6.07, 6.45) is 1.22. The topological polar surface area (TPSA) is 12.0 Å². The molecule has 0 bridgehead atoms. The lowest BCUT2D eigenvalue weighted by Crippen LogP contribution is -2.09. The van der Waals surface area contributed by atoms with Crippen LogP contribution in [0.15, 0.2) is 0 Å².